The molecule has 1 unspecified atom stereocenters. The van der Waals surface area contributed by atoms with Gasteiger partial charge < -0.3 is 15.2 Å². The normalized spacial score (nSPS) is 16.2. The van der Waals surface area contributed by atoms with E-state index in [1.54, 1.807) is 6.92 Å². The molecule has 0 saturated heterocycles. The van der Waals surface area contributed by atoms with E-state index in [4.69, 9.17) is 4.74 Å². The largest absolute Gasteiger partial charge is 0.394 e. The Balaban J connectivity index is 3.77. The number of rotatable bonds is 8. The first-order valence-corrected chi connectivity index (χ1v) is 5.71. The van der Waals surface area contributed by atoms with Gasteiger partial charge in [-0.1, -0.05) is 13.8 Å². The van der Waals surface area contributed by atoms with Crippen LogP contribution in [0.2, 0.25) is 0 Å². The van der Waals surface area contributed by atoms with Crippen LogP contribution >= 0.6 is 0 Å². The van der Waals surface area contributed by atoms with E-state index in [1.807, 2.05) is 13.8 Å². The van der Waals surface area contributed by atoms with Crippen molar-refractivity contribution in [2.24, 2.45) is 0 Å². The van der Waals surface area contributed by atoms with Crippen LogP contribution in [0.5, 0.6) is 0 Å². The van der Waals surface area contributed by atoms with Crippen molar-refractivity contribution in [1.82, 2.24) is 5.32 Å². The molecule has 0 aromatic rings. The number of halogens is 3. The lowest BCUT2D eigenvalue weighted by molar-refractivity contribution is -0.138. The van der Waals surface area contributed by atoms with Crippen LogP contribution in [0.1, 0.15) is 33.6 Å². The number of aliphatic hydroxyl groups excluding tert-OH is 1. The van der Waals surface area contributed by atoms with Gasteiger partial charge >= 0.3 is 6.18 Å². The Labute approximate surface area is 100 Å². The highest BCUT2D eigenvalue weighted by atomic mass is 19.4. The van der Waals surface area contributed by atoms with Gasteiger partial charge in [-0.3, -0.25) is 0 Å². The summed E-state index contributed by atoms with van der Waals surface area (Å²) in [5, 5.41) is 12.3. The fraction of sp³-hybridized carbons (Fsp3) is 1.00. The van der Waals surface area contributed by atoms with Crippen molar-refractivity contribution < 1.29 is 23.0 Å². The van der Waals surface area contributed by atoms with Crippen molar-refractivity contribution in [2.75, 3.05) is 19.8 Å². The summed E-state index contributed by atoms with van der Waals surface area (Å²) in [6.45, 7) is 5.75. The quantitative estimate of drug-likeness (QED) is 0.654. The Bertz CT molecular complexity index is 209. The summed E-state index contributed by atoms with van der Waals surface area (Å²) in [6.07, 6.45) is -5.01. The lowest BCUT2D eigenvalue weighted by Crippen LogP contribution is -2.52. The molecule has 17 heavy (non-hydrogen) atoms. The van der Waals surface area contributed by atoms with E-state index in [2.05, 4.69) is 5.32 Å². The van der Waals surface area contributed by atoms with Crippen LogP contribution in [-0.4, -0.2) is 42.7 Å². The maximum Gasteiger partial charge on any atom is 0.389 e. The third-order valence-electron chi connectivity index (χ3n) is 2.16. The van der Waals surface area contributed by atoms with Crippen LogP contribution in [0.15, 0.2) is 0 Å². The molecule has 104 valence electrons. The number of aliphatic hydroxyl groups is 1. The van der Waals surface area contributed by atoms with E-state index in [-0.39, 0.29) is 32.3 Å². The Kier molecular flexibility index (Phi) is 7.04. The second-order valence-electron chi connectivity index (χ2n) is 4.79. The minimum absolute atomic E-state index is 0.0489. The molecule has 0 aliphatic carbocycles. The predicted molar refractivity (Wildman–Crippen MR) is 59.9 cm³/mol. The van der Waals surface area contributed by atoms with Gasteiger partial charge in [0.25, 0.3) is 0 Å². The lowest BCUT2D eigenvalue weighted by atomic mass is 10.0. The van der Waals surface area contributed by atoms with Crippen molar-refractivity contribution in [1.29, 1.82) is 0 Å². The molecule has 0 aromatic carbocycles. The van der Waals surface area contributed by atoms with Gasteiger partial charge in [0.15, 0.2) is 0 Å². The van der Waals surface area contributed by atoms with Gasteiger partial charge in [0.05, 0.1) is 18.8 Å². The first-order valence-electron chi connectivity index (χ1n) is 5.71. The van der Waals surface area contributed by atoms with Crippen molar-refractivity contribution in [2.45, 2.75) is 51.4 Å². The zero-order valence-corrected chi connectivity index (χ0v) is 10.6. The van der Waals surface area contributed by atoms with Crippen molar-refractivity contribution in [3.63, 3.8) is 0 Å². The van der Waals surface area contributed by atoms with E-state index < -0.39 is 18.1 Å². The molecule has 3 nitrogen and oxygen atoms in total. The van der Waals surface area contributed by atoms with E-state index in [0.717, 1.165) is 0 Å². The first kappa shape index (κ1) is 16.7. The minimum atomic E-state index is -4.13. The van der Waals surface area contributed by atoms with Crippen molar-refractivity contribution in [3.05, 3.63) is 0 Å². The molecule has 0 saturated carbocycles. The minimum Gasteiger partial charge on any atom is -0.394 e. The summed E-state index contributed by atoms with van der Waals surface area (Å²) in [5.41, 5.74) is -0.605. The molecule has 0 bridgehead atoms. The molecule has 1 atom stereocenters. The molecule has 0 fully saturated rings. The van der Waals surface area contributed by atoms with Crippen LogP contribution in [0.3, 0.4) is 0 Å². The zero-order chi connectivity index (χ0) is 13.5. The zero-order valence-electron chi connectivity index (χ0n) is 10.6. The van der Waals surface area contributed by atoms with E-state index >= 15 is 0 Å². The molecule has 0 heterocycles. The molecule has 0 radical (unpaired) electrons. The number of alkyl halides is 3. The van der Waals surface area contributed by atoms with Crippen LogP contribution in [0, 0.1) is 0 Å². The molecule has 0 rings (SSSR count). The molecular weight excluding hydrogens is 235 g/mol. The topological polar surface area (TPSA) is 41.5 Å². The standard InChI is InChI=1S/C11H22F3NO2/c1-9(2)15-10(3,7-16)8-17-6-4-5-11(12,13)14/h9,15-16H,4-8H2,1-3H3. The smallest absolute Gasteiger partial charge is 0.389 e. The lowest BCUT2D eigenvalue weighted by Gasteiger charge is -2.30. The monoisotopic (exact) mass is 257 g/mol. The first-order chi connectivity index (χ1) is 7.68. The Morgan fingerprint density at radius 2 is 1.88 bits per heavy atom. The van der Waals surface area contributed by atoms with Gasteiger partial charge in [0.2, 0.25) is 0 Å². The average Bonchev–Trinajstić information content (AvgIpc) is 2.14. The molecule has 0 aliphatic rings. The van der Waals surface area contributed by atoms with Gasteiger partial charge in [0.1, 0.15) is 0 Å². The fourth-order valence-electron chi connectivity index (χ4n) is 1.50. The van der Waals surface area contributed by atoms with Crippen LogP contribution in [0.4, 0.5) is 13.2 Å². The second kappa shape index (κ2) is 7.18. The summed E-state index contributed by atoms with van der Waals surface area (Å²) < 4.78 is 40.7. The molecule has 2 N–H and O–H groups in total. The van der Waals surface area contributed by atoms with E-state index in [0.29, 0.717) is 0 Å². The Morgan fingerprint density at radius 3 is 2.29 bits per heavy atom. The average molecular weight is 257 g/mol. The van der Waals surface area contributed by atoms with Crippen molar-refractivity contribution >= 4 is 0 Å². The third-order valence-corrected chi connectivity index (χ3v) is 2.16. The Hall–Kier alpha value is -0.330. The SMILES string of the molecule is CC(C)NC(C)(CO)COCCCC(F)(F)F. The number of nitrogens with one attached hydrogen (secondary N) is 1. The third kappa shape index (κ3) is 9.38. The van der Waals surface area contributed by atoms with Gasteiger partial charge in [-0.2, -0.15) is 13.2 Å². The molecule has 0 amide bonds. The summed E-state index contributed by atoms with van der Waals surface area (Å²) in [5.74, 6) is 0. The predicted octanol–water partition coefficient (Wildman–Crippen LogP) is 2.09. The van der Waals surface area contributed by atoms with Gasteiger partial charge in [-0.15, -0.1) is 0 Å². The van der Waals surface area contributed by atoms with Crippen LogP contribution in [-0.2, 0) is 4.74 Å². The highest BCUT2D eigenvalue weighted by Gasteiger charge is 2.27. The summed E-state index contributed by atoms with van der Waals surface area (Å²) in [4.78, 5) is 0. The molecule has 6 heteroatoms. The Morgan fingerprint density at radius 1 is 1.29 bits per heavy atom. The highest BCUT2D eigenvalue weighted by Crippen LogP contribution is 2.21. The second-order valence-corrected chi connectivity index (χ2v) is 4.79. The maximum absolute atomic E-state index is 11.8. The summed E-state index contributed by atoms with van der Waals surface area (Å²) in [7, 11) is 0. The maximum atomic E-state index is 11.8. The molecule has 0 spiro atoms. The number of hydrogen-bond donors (Lipinski definition) is 2. The van der Waals surface area contributed by atoms with Gasteiger partial charge in [0, 0.05) is 19.1 Å². The van der Waals surface area contributed by atoms with Crippen molar-refractivity contribution in [3.8, 4) is 0 Å². The number of ether oxygens (including phenoxy) is 1. The van der Waals surface area contributed by atoms with Gasteiger partial charge in [-0.05, 0) is 13.3 Å². The van der Waals surface area contributed by atoms with Crippen LogP contribution < -0.4 is 5.32 Å². The fourth-order valence-corrected chi connectivity index (χ4v) is 1.50. The summed E-state index contributed by atoms with van der Waals surface area (Å²) >= 11 is 0. The molecule has 0 aromatic heterocycles. The van der Waals surface area contributed by atoms with E-state index in [1.165, 1.54) is 0 Å². The molecule has 0 aliphatic heterocycles. The molecular formula is C11H22F3NO2. The van der Waals surface area contributed by atoms with E-state index in [9.17, 15) is 18.3 Å². The summed E-state index contributed by atoms with van der Waals surface area (Å²) in [6, 6.07) is 0.172. The number of hydrogen-bond acceptors (Lipinski definition) is 3. The van der Waals surface area contributed by atoms with Gasteiger partial charge in [-0.25, -0.2) is 0 Å². The van der Waals surface area contributed by atoms with Crippen LogP contribution in [0.25, 0.3) is 0 Å². The highest BCUT2D eigenvalue weighted by molar-refractivity contribution is 4.83.